The van der Waals surface area contributed by atoms with Gasteiger partial charge in [-0.05, 0) is 31.3 Å². The molecule has 1 N–H and O–H groups in total. The van der Waals surface area contributed by atoms with Gasteiger partial charge in [0.05, 0.1) is 11.4 Å². The molecule has 120 valence electrons. The highest BCUT2D eigenvalue weighted by atomic mass is 16.6. The predicted molar refractivity (Wildman–Crippen MR) is 92.2 cm³/mol. The molecule has 1 aliphatic rings. The molecule has 2 aromatic carbocycles. The molecule has 5 nitrogen and oxygen atoms in total. The number of hydrogen-bond acceptors (Lipinski definition) is 4. The Hall–Kier alpha value is -2.53. The highest BCUT2D eigenvalue weighted by Gasteiger charge is 2.18. The lowest BCUT2D eigenvalue weighted by atomic mass is 10.2. The van der Waals surface area contributed by atoms with E-state index in [-0.39, 0.29) is 0 Å². The number of ether oxygens (including phenoxy) is 1. The third-order valence-corrected chi connectivity index (χ3v) is 3.94. The van der Waals surface area contributed by atoms with Crippen molar-refractivity contribution in [1.29, 1.82) is 0 Å². The van der Waals surface area contributed by atoms with E-state index in [1.807, 2.05) is 42.5 Å². The fourth-order valence-electron chi connectivity index (χ4n) is 2.63. The van der Waals surface area contributed by atoms with E-state index < -0.39 is 6.09 Å². The van der Waals surface area contributed by atoms with Crippen LogP contribution in [0.15, 0.2) is 54.6 Å². The Bertz CT molecular complexity index is 652. The van der Waals surface area contributed by atoms with Crippen LogP contribution < -0.4 is 15.0 Å². The number of carbonyl (C=O) groups excluding carboxylic acids is 1. The summed E-state index contributed by atoms with van der Waals surface area (Å²) in [5.74, 6) is 0.530. The van der Waals surface area contributed by atoms with E-state index in [2.05, 4.69) is 22.2 Å². The standard InChI is InChI=1S/C18H21N3O2/c1-20-11-13-21(14-12-20)17-10-6-5-9-16(17)19-18(22)23-15-7-3-2-4-8-15/h2-10H,11-14H2,1H3,(H,19,22). The topological polar surface area (TPSA) is 44.8 Å². The first kappa shape index (κ1) is 15.4. The first-order valence-corrected chi connectivity index (χ1v) is 7.79. The summed E-state index contributed by atoms with van der Waals surface area (Å²) in [6.45, 7) is 3.93. The first-order chi connectivity index (χ1) is 11.2. The van der Waals surface area contributed by atoms with Crippen molar-refractivity contribution >= 4 is 17.5 Å². The van der Waals surface area contributed by atoms with Gasteiger partial charge in [-0.1, -0.05) is 30.3 Å². The quantitative estimate of drug-likeness (QED) is 0.946. The largest absolute Gasteiger partial charge is 0.417 e. The molecule has 1 fully saturated rings. The Kier molecular flexibility index (Phi) is 4.78. The fourth-order valence-corrected chi connectivity index (χ4v) is 2.63. The van der Waals surface area contributed by atoms with E-state index in [1.165, 1.54) is 0 Å². The van der Waals surface area contributed by atoms with Gasteiger partial charge >= 0.3 is 6.09 Å². The Morgan fingerprint density at radius 1 is 0.957 bits per heavy atom. The van der Waals surface area contributed by atoms with E-state index in [4.69, 9.17) is 4.74 Å². The second-order valence-electron chi connectivity index (χ2n) is 5.64. The number of anilines is 2. The summed E-state index contributed by atoms with van der Waals surface area (Å²) in [6, 6.07) is 16.9. The van der Waals surface area contributed by atoms with Gasteiger partial charge in [0, 0.05) is 26.2 Å². The van der Waals surface area contributed by atoms with Gasteiger partial charge in [0.15, 0.2) is 0 Å². The molecule has 0 spiro atoms. The minimum absolute atomic E-state index is 0.474. The third-order valence-electron chi connectivity index (χ3n) is 3.94. The Morgan fingerprint density at radius 3 is 2.35 bits per heavy atom. The van der Waals surface area contributed by atoms with Crippen LogP contribution in [0, 0.1) is 0 Å². The molecule has 0 saturated carbocycles. The van der Waals surface area contributed by atoms with Gasteiger partial charge in [0.1, 0.15) is 5.75 Å². The molecule has 1 heterocycles. The zero-order valence-electron chi connectivity index (χ0n) is 13.2. The number of piperazine rings is 1. The van der Waals surface area contributed by atoms with Crippen molar-refractivity contribution in [3.05, 3.63) is 54.6 Å². The van der Waals surface area contributed by atoms with E-state index in [0.29, 0.717) is 5.75 Å². The van der Waals surface area contributed by atoms with Crippen molar-refractivity contribution in [2.75, 3.05) is 43.4 Å². The Labute approximate surface area is 136 Å². The van der Waals surface area contributed by atoms with Gasteiger partial charge in [-0.25, -0.2) is 4.79 Å². The van der Waals surface area contributed by atoms with Gasteiger partial charge < -0.3 is 14.5 Å². The smallest absolute Gasteiger partial charge is 0.410 e. The average molecular weight is 311 g/mol. The van der Waals surface area contributed by atoms with Crippen LogP contribution in [0.25, 0.3) is 0 Å². The van der Waals surface area contributed by atoms with Crippen molar-refractivity contribution in [2.24, 2.45) is 0 Å². The molecule has 0 unspecified atom stereocenters. The summed E-state index contributed by atoms with van der Waals surface area (Å²) in [5, 5.41) is 2.85. The molecule has 0 atom stereocenters. The minimum Gasteiger partial charge on any atom is -0.410 e. The van der Waals surface area contributed by atoms with Crippen molar-refractivity contribution in [2.45, 2.75) is 0 Å². The van der Waals surface area contributed by atoms with E-state index >= 15 is 0 Å². The Morgan fingerprint density at radius 2 is 1.61 bits per heavy atom. The zero-order chi connectivity index (χ0) is 16.1. The van der Waals surface area contributed by atoms with Crippen molar-refractivity contribution < 1.29 is 9.53 Å². The average Bonchev–Trinajstić information content (AvgIpc) is 2.57. The maximum absolute atomic E-state index is 12.1. The number of para-hydroxylation sites is 3. The number of rotatable bonds is 3. The molecule has 2 aromatic rings. The highest BCUT2D eigenvalue weighted by molar-refractivity contribution is 5.90. The molecule has 23 heavy (non-hydrogen) atoms. The lowest BCUT2D eigenvalue weighted by Gasteiger charge is -2.35. The minimum atomic E-state index is -0.474. The van der Waals surface area contributed by atoms with Crippen LogP contribution in [0.4, 0.5) is 16.2 Å². The lowest BCUT2D eigenvalue weighted by Crippen LogP contribution is -2.44. The van der Waals surface area contributed by atoms with Crippen LogP contribution in [0.1, 0.15) is 0 Å². The van der Waals surface area contributed by atoms with Gasteiger partial charge in [-0.2, -0.15) is 0 Å². The summed E-state index contributed by atoms with van der Waals surface area (Å²) >= 11 is 0. The molecule has 5 heteroatoms. The number of amides is 1. The summed E-state index contributed by atoms with van der Waals surface area (Å²) in [6.07, 6.45) is -0.474. The zero-order valence-corrected chi connectivity index (χ0v) is 13.2. The van der Waals surface area contributed by atoms with Gasteiger partial charge in [0.25, 0.3) is 0 Å². The molecule has 1 saturated heterocycles. The monoisotopic (exact) mass is 311 g/mol. The van der Waals surface area contributed by atoms with E-state index in [0.717, 1.165) is 37.6 Å². The number of hydrogen-bond donors (Lipinski definition) is 1. The molecule has 1 aliphatic heterocycles. The maximum atomic E-state index is 12.1. The summed E-state index contributed by atoms with van der Waals surface area (Å²) < 4.78 is 5.30. The summed E-state index contributed by atoms with van der Waals surface area (Å²) in [7, 11) is 2.12. The van der Waals surface area contributed by atoms with Crippen LogP contribution in [0.2, 0.25) is 0 Å². The normalized spacial score (nSPS) is 15.3. The molecule has 0 bridgehead atoms. The number of benzene rings is 2. The summed E-state index contributed by atoms with van der Waals surface area (Å²) in [5.41, 5.74) is 1.81. The van der Waals surface area contributed by atoms with Crippen molar-refractivity contribution in [1.82, 2.24) is 4.90 Å². The van der Waals surface area contributed by atoms with Crippen LogP contribution in [-0.2, 0) is 0 Å². The van der Waals surface area contributed by atoms with Crippen LogP contribution in [0.5, 0.6) is 5.75 Å². The van der Waals surface area contributed by atoms with Crippen molar-refractivity contribution in [3.63, 3.8) is 0 Å². The van der Waals surface area contributed by atoms with Crippen LogP contribution in [-0.4, -0.2) is 44.2 Å². The highest BCUT2D eigenvalue weighted by Crippen LogP contribution is 2.26. The second-order valence-corrected chi connectivity index (χ2v) is 5.64. The number of likely N-dealkylation sites (N-methyl/N-ethyl adjacent to an activating group) is 1. The molecular weight excluding hydrogens is 290 g/mol. The molecule has 0 aromatic heterocycles. The summed E-state index contributed by atoms with van der Waals surface area (Å²) in [4.78, 5) is 16.7. The molecule has 3 rings (SSSR count). The maximum Gasteiger partial charge on any atom is 0.417 e. The third kappa shape index (κ3) is 4.02. The fraction of sp³-hybridized carbons (Fsp3) is 0.278. The predicted octanol–water partition coefficient (Wildman–Crippen LogP) is 3.05. The van der Waals surface area contributed by atoms with Crippen molar-refractivity contribution in [3.8, 4) is 5.75 Å². The van der Waals surface area contributed by atoms with Gasteiger partial charge in [-0.3, -0.25) is 5.32 Å². The second kappa shape index (κ2) is 7.15. The van der Waals surface area contributed by atoms with E-state index in [9.17, 15) is 4.79 Å². The molecular formula is C18H21N3O2. The number of nitrogens with zero attached hydrogens (tertiary/aromatic N) is 2. The first-order valence-electron chi connectivity index (χ1n) is 7.79. The van der Waals surface area contributed by atoms with Gasteiger partial charge in [0.2, 0.25) is 0 Å². The molecule has 0 aliphatic carbocycles. The number of carbonyl (C=O) groups is 1. The lowest BCUT2D eigenvalue weighted by molar-refractivity contribution is 0.215. The van der Waals surface area contributed by atoms with Crippen LogP contribution >= 0.6 is 0 Å². The number of nitrogens with one attached hydrogen (secondary N) is 1. The molecule has 1 amide bonds. The van der Waals surface area contributed by atoms with E-state index in [1.54, 1.807) is 12.1 Å². The van der Waals surface area contributed by atoms with Crippen LogP contribution in [0.3, 0.4) is 0 Å². The SMILES string of the molecule is CN1CCN(c2ccccc2NC(=O)Oc2ccccc2)CC1. The van der Waals surface area contributed by atoms with Gasteiger partial charge in [-0.15, -0.1) is 0 Å². The molecule has 0 radical (unpaired) electrons. The Balaban J connectivity index is 1.69.